The Morgan fingerprint density at radius 1 is 0.963 bits per heavy atom. The first-order valence-electron chi connectivity index (χ1n) is 12.4. The summed E-state index contributed by atoms with van der Waals surface area (Å²) in [5, 5.41) is 0. The molecule has 1 heteroatoms. The second-order valence-corrected chi connectivity index (χ2v) is 11.6. The van der Waals surface area contributed by atoms with Gasteiger partial charge in [0.05, 0.1) is 0 Å². The van der Waals surface area contributed by atoms with Crippen molar-refractivity contribution in [3.63, 3.8) is 0 Å². The van der Waals surface area contributed by atoms with Gasteiger partial charge >= 0.3 is 0 Å². The van der Waals surface area contributed by atoms with Crippen molar-refractivity contribution < 1.29 is 4.79 Å². The molecule has 8 atom stereocenters. The van der Waals surface area contributed by atoms with Crippen LogP contribution in [-0.4, -0.2) is 5.78 Å². The molecule has 4 fully saturated rings. The highest BCUT2D eigenvalue weighted by Gasteiger charge is 2.62. The van der Waals surface area contributed by atoms with Crippen molar-refractivity contribution >= 4 is 5.78 Å². The number of carbonyl (C=O) groups excluding carboxylic acids is 1. The second-order valence-electron chi connectivity index (χ2n) is 11.6. The molecule has 0 saturated heterocycles. The number of unbranched alkanes of at least 4 members (excludes halogenated alkanes) is 2. The van der Waals surface area contributed by atoms with Crippen molar-refractivity contribution in [2.24, 2.45) is 46.3 Å². The van der Waals surface area contributed by atoms with Crippen LogP contribution < -0.4 is 0 Å². The van der Waals surface area contributed by atoms with Crippen LogP contribution >= 0.6 is 0 Å². The Balaban J connectivity index is 1.54. The van der Waals surface area contributed by atoms with E-state index in [-0.39, 0.29) is 0 Å². The lowest BCUT2D eigenvalue weighted by atomic mass is 9.44. The molecule has 27 heavy (non-hydrogen) atoms. The van der Waals surface area contributed by atoms with Crippen molar-refractivity contribution in [2.75, 3.05) is 0 Å². The van der Waals surface area contributed by atoms with Crippen LogP contribution in [0.25, 0.3) is 0 Å². The first-order valence-corrected chi connectivity index (χ1v) is 12.4. The summed E-state index contributed by atoms with van der Waals surface area (Å²) in [5.41, 5.74) is 0.920. The summed E-state index contributed by atoms with van der Waals surface area (Å²) in [4.78, 5) is 13.4. The molecule has 2 unspecified atom stereocenters. The zero-order valence-electron chi connectivity index (χ0n) is 18.6. The number of carbonyl (C=O) groups is 1. The predicted octanol–water partition coefficient (Wildman–Crippen LogP) is 7.43. The van der Waals surface area contributed by atoms with Gasteiger partial charge in [0.15, 0.2) is 0 Å². The second kappa shape index (κ2) is 7.49. The van der Waals surface area contributed by atoms with Crippen molar-refractivity contribution in [3.8, 4) is 0 Å². The largest absolute Gasteiger partial charge is 0.299 e. The van der Waals surface area contributed by atoms with E-state index < -0.39 is 0 Å². The molecule has 1 nitrogen and oxygen atoms in total. The van der Waals surface area contributed by atoms with Gasteiger partial charge in [0, 0.05) is 12.3 Å². The minimum Gasteiger partial charge on any atom is -0.299 e. The molecule has 0 aliphatic heterocycles. The molecular formula is C26H44O. The summed E-state index contributed by atoms with van der Waals surface area (Å²) < 4.78 is 0. The Bertz CT molecular complexity index is 552. The van der Waals surface area contributed by atoms with Gasteiger partial charge in [-0.05, 0) is 78.9 Å². The maximum absolute atomic E-state index is 13.4. The van der Waals surface area contributed by atoms with Crippen LogP contribution in [0.4, 0.5) is 0 Å². The van der Waals surface area contributed by atoms with Crippen molar-refractivity contribution in [1.82, 2.24) is 0 Å². The molecule has 0 aromatic carbocycles. The van der Waals surface area contributed by atoms with Crippen LogP contribution in [0.2, 0.25) is 0 Å². The fraction of sp³-hybridized carbons (Fsp3) is 0.962. The number of ketones is 1. The van der Waals surface area contributed by atoms with E-state index in [0.717, 1.165) is 18.3 Å². The first kappa shape index (κ1) is 20.0. The fourth-order valence-electron chi connectivity index (χ4n) is 8.85. The number of hydrogen-bond acceptors (Lipinski definition) is 1. The molecule has 0 amide bonds. The number of Topliss-reactive ketones (excluding diaryl/α,β-unsaturated/α-hetero) is 1. The summed E-state index contributed by atoms with van der Waals surface area (Å²) in [6, 6.07) is 0. The van der Waals surface area contributed by atoms with E-state index in [1.54, 1.807) is 0 Å². The minimum absolute atomic E-state index is 0.413. The molecule has 0 heterocycles. The van der Waals surface area contributed by atoms with E-state index in [1.807, 2.05) is 0 Å². The Hall–Kier alpha value is -0.330. The summed E-state index contributed by atoms with van der Waals surface area (Å²) >= 11 is 0. The lowest BCUT2D eigenvalue weighted by Gasteiger charge is -2.60. The SMILES string of the molecule is CCCCCC(C)[C@H]1CC[C@H]2[C@@H]3C(=O)CC4CCCC[C@]4(C)[C@H]3CC[C@]12C. The van der Waals surface area contributed by atoms with Crippen LogP contribution in [0.5, 0.6) is 0 Å². The zero-order valence-corrected chi connectivity index (χ0v) is 18.6. The molecule has 4 saturated carbocycles. The normalized spacial score (nSPS) is 47.9. The predicted molar refractivity (Wildman–Crippen MR) is 114 cm³/mol. The number of hydrogen-bond donors (Lipinski definition) is 0. The molecule has 0 aromatic rings. The van der Waals surface area contributed by atoms with Crippen LogP contribution in [-0.2, 0) is 4.79 Å². The number of rotatable bonds is 5. The van der Waals surface area contributed by atoms with Gasteiger partial charge in [0.1, 0.15) is 5.78 Å². The Morgan fingerprint density at radius 2 is 1.74 bits per heavy atom. The number of fused-ring (bicyclic) bond motifs is 5. The maximum atomic E-state index is 13.4. The fourth-order valence-corrected chi connectivity index (χ4v) is 8.85. The van der Waals surface area contributed by atoms with E-state index in [9.17, 15) is 4.79 Å². The highest BCUT2D eigenvalue weighted by molar-refractivity contribution is 5.83. The van der Waals surface area contributed by atoms with Crippen LogP contribution in [0.3, 0.4) is 0 Å². The molecule has 4 rings (SSSR count). The third-order valence-electron chi connectivity index (χ3n) is 10.4. The average molecular weight is 373 g/mol. The molecule has 0 bridgehead atoms. The van der Waals surface area contributed by atoms with Crippen molar-refractivity contribution in [3.05, 3.63) is 0 Å². The van der Waals surface area contributed by atoms with Crippen LogP contribution in [0.15, 0.2) is 0 Å². The molecule has 4 aliphatic rings. The topological polar surface area (TPSA) is 17.1 Å². The molecule has 154 valence electrons. The minimum atomic E-state index is 0.413. The zero-order chi connectivity index (χ0) is 19.2. The van der Waals surface area contributed by atoms with Gasteiger partial charge in [0.2, 0.25) is 0 Å². The molecule has 0 aromatic heterocycles. The van der Waals surface area contributed by atoms with Gasteiger partial charge in [-0.2, -0.15) is 0 Å². The standard InChI is InChI=1S/C26H44O/c1-5-6-7-10-18(2)20-12-13-21-24-22(14-16-26(20,21)4)25(3)15-9-8-11-19(25)17-23(24)27/h18-22,24H,5-17H2,1-4H3/t18?,19?,20-,21+,22+,24+,25+,26-/m1/s1. The van der Waals surface area contributed by atoms with Gasteiger partial charge in [0.25, 0.3) is 0 Å². The lowest BCUT2D eigenvalue weighted by Crippen LogP contribution is -2.56. The van der Waals surface area contributed by atoms with E-state index >= 15 is 0 Å². The summed E-state index contributed by atoms with van der Waals surface area (Å²) in [5.74, 6) is 4.91. The van der Waals surface area contributed by atoms with Crippen molar-refractivity contribution in [1.29, 1.82) is 0 Å². The molecule has 0 N–H and O–H groups in total. The van der Waals surface area contributed by atoms with Gasteiger partial charge < -0.3 is 0 Å². The van der Waals surface area contributed by atoms with E-state index in [1.165, 1.54) is 77.0 Å². The average Bonchev–Trinajstić information content (AvgIpc) is 2.99. The monoisotopic (exact) mass is 372 g/mol. The van der Waals surface area contributed by atoms with Crippen LogP contribution in [0.1, 0.15) is 111 Å². The highest BCUT2D eigenvalue weighted by atomic mass is 16.1. The smallest absolute Gasteiger partial charge is 0.136 e. The van der Waals surface area contributed by atoms with Gasteiger partial charge in [-0.25, -0.2) is 0 Å². The first-order chi connectivity index (χ1) is 12.9. The third kappa shape index (κ3) is 3.14. The molecule has 0 radical (unpaired) electrons. The van der Waals surface area contributed by atoms with E-state index in [4.69, 9.17) is 0 Å². The van der Waals surface area contributed by atoms with Gasteiger partial charge in [-0.1, -0.05) is 66.2 Å². The maximum Gasteiger partial charge on any atom is 0.136 e. The summed E-state index contributed by atoms with van der Waals surface area (Å²) in [7, 11) is 0. The molecular weight excluding hydrogens is 328 g/mol. The van der Waals surface area contributed by atoms with Gasteiger partial charge in [-0.15, -0.1) is 0 Å². The Morgan fingerprint density at radius 3 is 2.52 bits per heavy atom. The van der Waals surface area contributed by atoms with Crippen molar-refractivity contribution in [2.45, 2.75) is 111 Å². The Kier molecular flexibility index (Phi) is 5.54. The Labute approximate surface area is 168 Å². The third-order valence-corrected chi connectivity index (χ3v) is 10.4. The van der Waals surface area contributed by atoms with Crippen LogP contribution in [0, 0.1) is 46.3 Å². The molecule has 0 spiro atoms. The summed E-state index contributed by atoms with van der Waals surface area (Å²) in [6.07, 6.45) is 17.4. The quantitative estimate of drug-likeness (QED) is 0.458. The van der Waals surface area contributed by atoms with Gasteiger partial charge in [-0.3, -0.25) is 4.79 Å². The summed E-state index contributed by atoms with van der Waals surface area (Å²) in [6.45, 7) is 10.0. The lowest BCUT2D eigenvalue weighted by molar-refractivity contribution is -0.156. The van der Waals surface area contributed by atoms with E-state index in [2.05, 4.69) is 27.7 Å². The molecule has 4 aliphatic carbocycles. The highest BCUT2D eigenvalue weighted by Crippen LogP contribution is 2.67. The van der Waals surface area contributed by atoms with E-state index in [0.29, 0.717) is 40.3 Å².